The van der Waals surface area contributed by atoms with Gasteiger partial charge in [0.1, 0.15) is 5.78 Å². The highest BCUT2D eigenvalue weighted by Gasteiger charge is 2.39. The van der Waals surface area contributed by atoms with E-state index < -0.39 is 11.5 Å². The zero-order valence-electron chi connectivity index (χ0n) is 7.26. The highest BCUT2D eigenvalue weighted by atomic mass is 16.3. The molecule has 0 spiro atoms. The number of Topliss-reactive ketones (excluding diaryl/α,β-unsaturated/α-hetero) is 1. The Morgan fingerprint density at radius 2 is 2.18 bits per heavy atom. The van der Waals surface area contributed by atoms with Crippen molar-refractivity contribution in [2.24, 2.45) is 5.41 Å². The van der Waals surface area contributed by atoms with Crippen LogP contribution in [0.3, 0.4) is 0 Å². The lowest BCUT2D eigenvalue weighted by Gasteiger charge is -2.35. The van der Waals surface area contributed by atoms with Gasteiger partial charge >= 0.3 is 0 Å². The lowest BCUT2D eigenvalue weighted by Crippen LogP contribution is -2.41. The van der Waals surface area contributed by atoms with Gasteiger partial charge in [-0.05, 0) is 19.8 Å². The van der Waals surface area contributed by atoms with Crippen molar-refractivity contribution in [3.05, 3.63) is 0 Å². The molecule has 0 heterocycles. The third-order valence-corrected chi connectivity index (χ3v) is 2.96. The summed E-state index contributed by atoms with van der Waals surface area (Å²) >= 11 is 0. The number of hydrogen-bond donors (Lipinski definition) is 1. The summed E-state index contributed by atoms with van der Waals surface area (Å²) in [4.78, 5) is 11.2. The molecule has 11 heavy (non-hydrogen) atoms. The van der Waals surface area contributed by atoms with Crippen LogP contribution in [0.25, 0.3) is 0 Å². The van der Waals surface area contributed by atoms with Gasteiger partial charge < -0.3 is 5.11 Å². The molecule has 0 aliphatic heterocycles. The van der Waals surface area contributed by atoms with E-state index in [1.807, 2.05) is 6.92 Å². The number of aliphatic hydroxyl groups is 1. The monoisotopic (exact) mass is 156 g/mol. The summed E-state index contributed by atoms with van der Waals surface area (Å²) in [5, 5.41) is 9.58. The summed E-state index contributed by atoms with van der Waals surface area (Å²) in [6, 6.07) is 0. The Bertz CT molecular complexity index is 165. The van der Waals surface area contributed by atoms with E-state index in [1.54, 1.807) is 6.92 Å². The van der Waals surface area contributed by atoms with E-state index in [1.165, 1.54) is 0 Å². The summed E-state index contributed by atoms with van der Waals surface area (Å²) in [6.45, 7) is 3.45. The third-order valence-electron chi connectivity index (χ3n) is 2.96. The van der Waals surface area contributed by atoms with E-state index in [0.717, 1.165) is 25.7 Å². The maximum atomic E-state index is 11.2. The van der Waals surface area contributed by atoms with Crippen LogP contribution in [-0.2, 0) is 4.79 Å². The SMILES string of the molecule is CC(=O)C1(C)CCCC[C@@H]1O. The first-order chi connectivity index (χ1) is 5.07. The van der Waals surface area contributed by atoms with Gasteiger partial charge in [0.25, 0.3) is 0 Å². The van der Waals surface area contributed by atoms with Crippen molar-refractivity contribution in [2.45, 2.75) is 45.6 Å². The van der Waals surface area contributed by atoms with Gasteiger partial charge in [0.05, 0.1) is 11.5 Å². The van der Waals surface area contributed by atoms with Crippen LogP contribution in [0.15, 0.2) is 0 Å². The molecule has 0 aromatic carbocycles. The summed E-state index contributed by atoms with van der Waals surface area (Å²) in [6.07, 6.45) is 3.37. The van der Waals surface area contributed by atoms with Crippen LogP contribution >= 0.6 is 0 Å². The van der Waals surface area contributed by atoms with Crippen molar-refractivity contribution in [1.82, 2.24) is 0 Å². The minimum absolute atomic E-state index is 0.129. The molecular formula is C9H16O2. The van der Waals surface area contributed by atoms with Gasteiger partial charge in [-0.15, -0.1) is 0 Å². The molecule has 0 saturated heterocycles. The predicted octanol–water partition coefficient (Wildman–Crippen LogP) is 1.52. The molecule has 1 saturated carbocycles. The van der Waals surface area contributed by atoms with Crippen LogP contribution in [0.2, 0.25) is 0 Å². The van der Waals surface area contributed by atoms with Gasteiger partial charge in [0.2, 0.25) is 0 Å². The minimum atomic E-state index is -0.446. The molecule has 0 amide bonds. The van der Waals surface area contributed by atoms with Gasteiger partial charge in [-0.2, -0.15) is 0 Å². The quantitative estimate of drug-likeness (QED) is 0.625. The Morgan fingerprint density at radius 3 is 2.55 bits per heavy atom. The van der Waals surface area contributed by atoms with Crippen molar-refractivity contribution in [2.75, 3.05) is 0 Å². The van der Waals surface area contributed by atoms with Crippen LogP contribution < -0.4 is 0 Å². The van der Waals surface area contributed by atoms with E-state index in [2.05, 4.69) is 0 Å². The molecule has 1 N–H and O–H groups in total. The second-order valence-corrected chi connectivity index (χ2v) is 3.74. The highest BCUT2D eigenvalue weighted by molar-refractivity contribution is 5.82. The first-order valence-corrected chi connectivity index (χ1v) is 4.26. The van der Waals surface area contributed by atoms with E-state index in [0.29, 0.717) is 0 Å². The summed E-state index contributed by atoms with van der Waals surface area (Å²) in [7, 11) is 0. The fourth-order valence-electron chi connectivity index (χ4n) is 1.73. The Morgan fingerprint density at radius 1 is 1.55 bits per heavy atom. The smallest absolute Gasteiger partial charge is 0.138 e. The number of carbonyl (C=O) groups is 1. The van der Waals surface area contributed by atoms with Crippen molar-refractivity contribution < 1.29 is 9.90 Å². The largest absolute Gasteiger partial charge is 0.392 e. The summed E-state index contributed by atoms with van der Waals surface area (Å²) in [5.41, 5.74) is -0.446. The fourth-order valence-corrected chi connectivity index (χ4v) is 1.73. The first kappa shape index (κ1) is 8.72. The molecule has 1 aliphatic carbocycles. The first-order valence-electron chi connectivity index (χ1n) is 4.26. The lowest BCUT2D eigenvalue weighted by atomic mass is 9.71. The molecule has 0 radical (unpaired) electrons. The van der Waals surface area contributed by atoms with Gasteiger partial charge in [0.15, 0.2) is 0 Å². The maximum Gasteiger partial charge on any atom is 0.138 e. The molecule has 2 heteroatoms. The summed E-state index contributed by atoms with van der Waals surface area (Å²) < 4.78 is 0. The average molecular weight is 156 g/mol. The van der Waals surface area contributed by atoms with E-state index >= 15 is 0 Å². The summed E-state index contributed by atoms with van der Waals surface area (Å²) in [5.74, 6) is 0.129. The zero-order chi connectivity index (χ0) is 8.48. The molecule has 64 valence electrons. The topological polar surface area (TPSA) is 37.3 Å². The number of carbonyl (C=O) groups excluding carboxylic acids is 1. The van der Waals surface area contributed by atoms with Crippen LogP contribution in [0.4, 0.5) is 0 Å². The lowest BCUT2D eigenvalue weighted by molar-refractivity contribution is -0.134. The Balaban J connectivity index is 2.72. The second kappa shape index (κ2) is 2.94. The molecule has 1 aliphatic rings. The number of hydrogen-bond acceptors (Lipinski definition) is 2. The fraction of sp³-hybridized carbons (Fsp3) is 0.889. The Labute approximate surface area is 67.6 Å². The zero-order valence-corrected chi connectivity index (χ0v) is 7.26. The van der Waals surface area contributed by atoms with E-state index in [-0.39, 0.29) is 5.78 Å². The average Bonchev–Trinajstić information content (AvgIpc) is 1.95. The minimum Gasteiger partial charge on any atom is -0.392 e. The number of ketones is 1. The molecule has 0 aromatic heterocycles. The molecule has 1 fully saturated rings. The molecule has 1 unspecified atom stereocenters. The molecule has 2 nitrogen and oxygen atoms in total. The van der Waals surface area contributed by atoms with Gasteiger partial charge in [-0.3, -0.25) is 4.79 Å². The highest BCUT2D eigenvalue weighted by Crippen LogP contribution is 2.36. The van der Waals surface area contributed by atoms with Gasteiger partial charge in [-0.1, -0.05) is 19.8 Å². The second-order valence-electron chi connectivity index (χ2n) is 3.74. The third kappa shape index (κ3) is 1.45. The molecular weight excluding hydrogens is 140 g/mol. The van der Waals surface area contributed by atoms with Gasteiger partial charge in [-0.25, -0.2) is 0 Å². The normalized spacial score (nSPS) is 38.6. The van der Waals surface area contributed by atoms with Crippen LogP contribution in [-0.4, -0.2) is 17.0 Å². The van der Waals surface area contributed by atoms with Crippen molar-refractivity contribution in [3.8, 4) is 0 Å². The molecule has 0 bridgehead atoms. The predicted molar refractivity (Wildman–Crippen MR) is 43.3 cm³/mol. The number of rotatable bonds is 1. The van der Waals surface area contributed by atoms with E-state index in [4.69, 9.17) is 0 Å². The van der Waals surface area contributed by atoms with Crippen molar-refractivity contribution >= 4 is 5.78 Å². The maximum absolute atomic E-state index is 11.2. The Hall–Kier alpha value is -0.370. The number of aliphatic hydroxyl groups excluding tert-OH is 1. The van der Waals surface area contributed by atoms with Crippen LogP contribution in [0.1, 0.15) is 39.5 Å². The van der Waals surface area contributed by atoms with Crippen molar-refractivity contribution in [3.63, 3.8) is 0 Å². The van der Waals surface area contributed by atoms with Gasteiger partial charge in [0, 0.05) is 0 Å². The molecule has 2 atom stereocenters. The molecule has 0 aromatic rings. The van der Waals surface area contributed by atoms with Crippen molar-refractivity contribution in [1.29, 1.82) is 0 Å². The molecule has 1 rings (SSSR count). The standard InChI is InChI=1S/C9H16O2/c1-7(10)9(2)6-4-3-5-8(9)11/h8,11H,3-6H2,1-2H3/t8-,9?/m0/s1. The Kier molecular flexibility index (Phi) is 2.33. The van der Waals surface area contributed by atoms with E-state index in [9.17, 15) is 9.90 Å². The van der Waals surface area contributed by atoms with Crippen LogP contribution in [0, 0.1) is 5.41 Å². The van der Waals surface area contributed by atoms with Crippen LogP contribution in [0.5, 0.6) is 0 Å².